The van der Waals surface area contributed by atoms with Crippen molar-refractivity contribution in [1.29, 1.82) is 0 Å². The van der Waals surface area contributed by atoms with E-state index >= 15 is 0 Å². The number of hydrogen-bond acceptors (Lipinski definition) is 4. The average Bonchev–Trinajstić information content (AvgIpc) is 3.23. The van der Waals surface area contributed by atoms with E-state index in [0.717, 1.165) is 11.1 Å². The highest BCUT2D eigenvalue weighted by molar-refractivity contribution is 5.96. The van der Waals surface area contributed by atoms with Crippen LogP contribution in [0.25, 0.3) is 11.4 Å². The van der Waals surface area contributed by atoms with Crippen LogP contribution >= 0.6 is 0 Å². The lowest BCUT2D eigenvalue weighted by Gasteiger charge is -2.17. The van der Waals surface area contributed by atoms with Gasteiger partial charge in [0.2, 0.25) is 17.6 Å². The molecule has 1 aromatic heterocycles. The quantitative estimate of drug-likeness (QED) is 0.731. The molecule has 0 bridgehead atoms. The van der Waals surface area contributed by atoms with Gasteiger partial charge in [-0.05, 0) is 24.6 Å². The first kappa shape index (κ1) is 15.5. The third-order valence-electron chi connectivity index (χ3n) is 4.34. The van der Waals surface area contributed by atoms with Crippen molar-refractivity contribution in [3.63, 3.8) is 0 Å². The van der Waals surface area contributed by atoms with Crippen LogP contribution in [-0.4, -0.2) is 22.6 Å². The third kappa shape index (κ3) is 2.91. The highest BCUT2D eigenvalue weighted by atomic mass is 19.1. The summed E-state index contributed by atoms with van der Waals surface area (Å²) in [6.45, 7) is 2.14. The van der Waals surface area contributed by atoms with Crippen LogP contribution in [0.3, 0.4) is 0 Å². The minimum Gasteiger partial charge on any atom is -0.339 e. The van der Waals surface area contributed by atoms with Gasteiger partial charge in [0.1, 0.15) is 5.82 Å². The molecule has 3 aromatic rings. The van der Waals surface area contributed by atoms with E-state index in [4.69, 9.17) is 4.52 Å². The summed E-state index contributed by atoms with van der Waals surface area (Å²) >= 11 is 0. The topological polar surface area (TPSA) is 59.2 Å². The molecule has 0 N–H and O–H groups in total. The van der Waals surface area contributed by atoms with Crippen LogP contribution in [0.5, 0.6) is 0 Å². The van der Waals surface area contributed by atoms with Crippen molar-refractivity contribution in [2.75, 3.05) is 11.4 Å². The van der Waals surface area contributed by atoms with Crippen LogP contribution in [-0.2, 0) is 4.79 Å². The Morgan fingerprint density at radius 3 is 2.76 bits per heavy atom. The molecular formula is C19H16FN3O2. The number of nitrogens with zero attached hydrogens (tertiary/aromatic N) is 3. The summed E-state index contributed by atoms with van der Waals surface area (Å²) in [5.74, 6) is 0.111. The largest absolute Gasteiger partial charge is 0.339 e. The Hall–Kier alpha value is -3.02. The highest BCUT2D eigenvalue weighted by Gasteiger charge is 2.36. The lowest BCUT2D eigenvalue weighted by Crippen LogP contribution is -2.25. The molecule has 1 unspecified atom stereocenters. The minimum absolute atomic E-state index is 0.146. The Kier molecular flexibility index (Phi) is 3.80. The first-order chi connectivity index (χ1) is 12.1. The smallest absolute Gasteiger partial charge is 0.232 e. The van der Waals surface area contributed by atoms with Gasteiger partial charge < -0.3 is 9.42 Å². The van der Waals surface area contributed by atoms with Crippen LogP contribution < -0.4 is 4.90 Å². The second-order valence-corrected chi connectivity index (χ2v) is 6.18. The van der Waals surface area contributed by atoms with E-state index in [1.807, 2.05) is 37.3 Å². The maximum atomic E-state index is 14.2. The highest BCUT2D eigenvalue weighted by Crippen LogP contribution is 2.33. The second kappa shape index (κ2) is 6.12. The number of aryl methyl sites for hydroxylation is 1. The number of aromatic nitrogens is 2. The number of carbonyl (C=O) groups is 1. The van der Waals surface area contributed by atoms with Crippen molar-refractivity contribution >= 4 is 11.6 Å². The molecule has 1 aliphatic heterocycles. The molecule has 25 heavy (non-hydrogen) atoms. The van der Waals surface area contributed by atoms with Crippen LogP contribution in [0, 0.1) is 12.7 Å². The SMILES string of the molecule is Cc1ccc(N2CC(c3nc(-c4ccccc4)no3)CC2=O)c(F)c1. The number of hydrogen-bond donors (Lipinski definition) is 0. The molecular weight excluding hydrogens is 321 g/mol. The molecule has 126 valence electrons. The first-order valence-electron chi connectivity index (χ1n) is 8.07. The van der Waals surface area contributed by atoms with Gasteiger partial charge in [-0.2, -0.15) is 4.98 Å². The molecule has 2 aromatic carbocycles. The average molecular weight is 337 g/mol. The third-order valence-corrected chi connectivity index (χ3v) is 4.34. The minimum atomic E-state index is -0.399. The van der Waals surface area contributed by atoms with Crippen LogP contribution in [0.1, 0.15) is 23.8 Å². The van der Waals surface area contributed by atoms with Crippen LogP contribution in [0.4, 0.5) is 10.1 Å². The fourth-order valence-electron chi connectivity index (χ4n) is 3.04. The van der Waals surface area contributed by atoms with E-state index in [2.05, 4.69) is 10.1 Å². The van der Waals surface area contributed by atoms with Gasteiger partial charge in [-0.15, -0.1) is 0 Å². The number of benzene rings is 2. The molecule has 0 aliphatic carbocycles. The van der Waals surface area contributed by atoms with Crippen molar-refractivity contribution in [3.8, 4) is 11.4 Å². The zero-order valence-electron chi connectivity index (χ0n) is 13.6. The van der Waals surface area contributed by atoms with Crippen LogP contribution in [0.2, 0.25) is 0 Å². The molecule has 6 heteroatoms. The standard InChI is InChI=1S/C19H16FN3O2/c1-12-7-8-16(15(20)9-12)23-11-14(10-17(23)24)19-21-18(22-25-19)13-5-3-2-4-6-13/h2-9,14H,10-11H2,1H3. The van der Waals surface area contributed by atoms with Crippen molar-refractivity contribution in [3.05, 3.63) is 65.8 Å². The Labute approximate surface area is 144 Å². The molecule has 0 spiro atoms. The Morgan fingerprint density at radius 1 is 1.20 bits per heavy atom. The van der Waals surface area contributed by atoms with Crippen molar-refractivity contribution < 1.29 is 13.7 Å². The fourth-order valence-corrected chi connectivity index (χ4v) is 3.04. The number of halogens is 1. The predicted molar refractivity (Wildman–Crippen MR) is 90.6 cm³/mol. The fraction of sp³-hybridized carbons (Fsp3) is 0.211. The van der Waals surface area contributed by atoms with Gasteiger partial charge >= 0.3 is 0 Å². The summed E-state index contributed by atoms with van der Waals surface area (Å²) in [5, 5.41) is 3.99. The normalized spacial score (nSPS) is 17.3. The molecule has 1 amide bonds. The van der Waals surface area contributed by atoms with E-state index in [1.165, 1.54) is 11.0 Å². The zero-order valence-corrected chi connectivity index (χ0v) is 13.6. The first-order valence-corrected chi connectivity index (χ1v) is 8.07. The van der Waals surface area contributed by atoms with E-state index in [1.54, 1.807) is 12.1 Å². The maximum Gasteiger partial charge on any atom is 0.232 e. The van der Waals surface area contributed by atoms with Gasteiger partial charge in [0.15, 0.2) is 0 Å². The van der Waals surface area contributed by atoms with Gasteiger partial charge in [-0.1, -0.05) is 41.6 Å². The molecule has 1 aliphatic rings. The van der Waals surface area contributed by atoms with Gasteiger partial charge in [0.25, 0.3) is 0 Å². The van der Waals surface area contributed by atoms with Gasteiger partial charge in [0, 0.05) is 18.5 Å². The zero-order chi connectivity index (χ0) is 17.4. The van der Waals surface area contributed by atoms with E-state index in [9.17, 15) is 9.18 Å². The molecule has 0 saturated carbocycles. The Bertz CT molecular complexity index is 923. The van der Waals surface area contributed by atoms with Crippen LogP contribution in [0.15, 0.2) is 53.1 Å². The Morgan fingerprint density at radius 2 is 2.00 bits per heavy atom. The lowest BCUT2D eigenvalue weighted by atomic mass is 10.1. The van der Waals surface area contributed by atoms with Crippen molar-refractivity contribution in [1.82, 2.24) is 10.1 Å². The van der Waals surface area contributed by atoms with Crippen molar-refractivity contribution in [2.24, 2.45) is 0 Å². The molecule has 4 rings (SSSR count). The number of carbonyl (C=O) groups excluding carboxylic acids is 1. The summed E-state index contributed by atoms with van der Waals surface area (Å²) in [7, 11) is 0. The molecule has 0 radical (unpaired) electrons. The summed E-state index contributed by atoms with van der Waals surface area (Å²) in [5.41, 5.74) is 1.96. The number of anilines is 1. The second-order valence-electron chi connectivity index (χ2n) is 6.18. The van der Waals surface area contributed by atoms with Crippen molar-refractivity contribution in [2.45, 2.75) is 19.3 Å². The molecule has 1 atom stereocenters. The number of rotatable bonds is 3. The Balaban J connectivity index is 1.57. The summed E-state index contributed by atoms with van der Waals surface area (Å²) in [6.07, 6.45) is 0.226. The monoisotopic (exact) mass is 337 g/mol. The summed E-state index contributed by atoms with van der Waals surface area (Å²) < 4.78 is 19.5. The molecule has 2 heterocycles. The summed E-state index contributed by atoms with van der Waals surface area (Å²) in [6, 6.07) is 14.3. The van der Waals surface area contributed by atoms with Gasteiger partial charge in [-0.3, -0.25) is 4.79 Å². The molecule has 1 fully saturated rings. The molecule has 5 nitrogen and oxygen atoms in total. The summed E-state index contributed by atoms with van der Waals surface area (Å²) in [4.78, 5) is 18.2. The van der Waals surface area contributed by atoms with E-state index < -0.39 is 5.82 Å². The van der Waals surface area contributed by atoms with E-state index in [0.29, 0.717) is 23.9 Å². The lowest BCUT2D eigenvalue weighted by molar-refractivity contribution is -0.117. The van der Waals surface area contributed by atoms with Gasteiger partial charge in [-0.25, -0.2) is 4.39 Å². The predicted octanol–water partition coefficient (Wildman–Crippen LogP) is 3.70. The number of amides is 1. The van der Waals surface area contributed by atoms with Gasteiger partial charge in [0.05, 0.1) is 11.6 Å². The molecule has 1 saturated heterocycles. The maximum absolute atomic E-state index is 14.2. The van der Waals surface area contributed by atoms with E-state index in [-0.39, 0.29) is 18.2 Å².